The third-order valence-corrected chi connectivity index (χ3v) is 4.07. The number of alkyl halides is 3. The van der Waals surface area contributed by atoms with E-state index in [0.29, 0.717) is 12.2 Å². The molecule has 5 heteroatoms. The van der Waals surface area contributed by atoms with Crippen LogP contribution < -0.4 is 5.32 Å². The molecule has 0 aromatic heterocycles. The van der Waals surface area contributed by atoms with Crippen molar-refractivity contribution in [2.75, 3.05) is 11.9 Å². The highest BCUT2D eigenvalue weighted by atomic mass is 79.9. The molecule has 0 aliphatic heterocycles. The predicted molar refractivity (Wildman–Crippen MR) is 85.6 cm³/mol. The maximum Gasteiger partial charge on any atom is 0.417 e. The van der Waals surface area contributed by atoms with E-state index in [1.54, 1.807) is 6.07 Å². The molecule has 1 aromatic rings. The number of halogens is 4. The van der Waals surface area contributed by atoms with E-state index in [9.17, 15) is 13.2 Å². The summed E-state index contributed by atoms with van der Waals surface area (Å²) < 4.78 is 38.4. The summed E-state index contributed by atoms with van der Waals surface area (Å²) in [5.41, 5.74) is -0.108. The molecule has 0 fully saturated rings. The van der Waals surface area contributed by atoms with Crippen LogP contribution in [0.2, 0.25) is 0 Å². The van der Waals surface area contributed by atoms with Crippen molar-refractivity contribution < 1.29 is 13.2 Å². The number of unbranched alkanes of at least 4 members (excludes halogenated alkanes) is 6. The average molecular weight is 366 g/mol. The van der Waals surface area contributed by atoms with E-state index in [-0.39, 0.29) is 4.47 Å². The molecule has 0 spiro atoms. The van der Waals surface area contributed by atoms with Crippen molar-refractivity contribution in [2.45, 2.75) is 58.0 Å². The van der Waals surface area contributed by atoms with Gasteiger partial charge in [-0.1, -0.05) is 61.4 Å². The van der Waals surface area contributed by atoms with Gasteiger partial charge in [-0.15, -0.1) is 0 Å². The van der Waals surface area contributed by atoms with Gasteiger partial charge in [0.2, 0.25) is 0 Å². The van der Waals surface area contributed by atoms with E-state index < -0.39 is 11.7 Å². The Morgan fingerprint density at radius 3 is 2.24 bits per heavy atom. The molecular weight excluding hydrogens is 343 g/mol. The van der Waals surface area contributed by atoms with Crippen LogP contribution in [0.4, 0.5) is 18.9 Å². The molecule has 0 aliphatic rings. The molecule has 1 N–H and O–H groups in total. The molecule has 120 valence electrons. The third-order valence-electron chi connectivity index (χ3n) is 3.38. The first kappa shape index (κ1) is 18.3. The number of hydrogen-bond acceptors (Lipinski definition) is 1. The zero-order valence-corrected chi connectivity index (χ0v) is 14.0. The highest BCUT2D eigenvalue weighted by molar-refractivity contribution is 9.10. The van der Waals surface area contributed by atoms with Crippen LogP contribution in [-0.4, -0.2) is 6.54 Å². The Kier molecular flexibility index (Phi) is 8.15. The molecule has 0 saturated heterocycles. The van der Waals surface area contributed by atoms with E-state index >= 15 is 0 Å². The summed E-state index contributed by atoms with van der Waals surface area (Å²) in [5.74, 6) is 0. The highest BCUT2D eigenvalue weighted by Crippen LogP contribution is 2.36. The van der Waals surface area contributed by atoms with Gasteiger partial charge >= 0.3 is 6.18 Å². The summed E-state index contributed by atoms with van der Waals surface area (Å²) in [6, 6.07) is 4.27. The quantitative estimate of drug-likeness (QED) is 0.484. The van der Waals surface area contributed by atoms with Crippen molar-refractivity contribution in [1.29, 1.82) is 0 Å². The predicted octanol–water partition coefficient (Wildman–Crippen LogP) is 6.63. The van der Waals surface area contributed by atoms with E-state index in [2.05, 4.69) is 28.2 Å². The van der Waals surface area contributed by atoms with E-state index in [1.807, 2.05) is 0 Å². The SMILES string of the molecule is CCCCCCCCCNc1ccc(Br)c(C(F)(F)F)c1. The summed E-state index contributed by atoms with van der Waals surface area (Å²) in [7, 11) is 0. The van der Waals surface area contributed by atoms with Crippen LogP contribution >= 0.6 is 15.9 Å². The molecule has 0 unspecified atom stereocenters. The fourth-order valence-electron chi connectivity index (χ4n) is 2.17. The largest absolute Gasteiger partial charge is 0.417 e. The van der Waals surface area contributed by atoms with Gasteiger partial charge in [0.1, 0.15) is 0 Å². The van der Waals surface area contributed by atoms with Gasteiger partial charge < -0.3 is 5.32 Å². The number of hydrogen-bond donors (Lipinski definition) is 1. The fraction of sp³-hybridized carbons (Fsp3) is 0.625. The fourth-order valence-corrected chi connectivity index (χ4v) is 2.64. The second-order valence-electron chi connectivity index (χ2n) is 5.24. The lowest BCUT2D eigenvalue weighted by atomic mass is 10.1. The van der Waals surface area contributed by atoms with Gasteiger partial charge in [0, 0.05) is 16.7 Å². The molecular formula is C16H23BrF3N. The van der Waals surface area contributed by atoms with Crippen molar-refractivity contribution in [3.63, 3.8) is 0 Å². The van der Waals surface area contributed by atoms with Gasteiger partial charge in [0.25, 0.3) is 0 Å². The van der Waals surface area contributed by atoms with Crippen molar-refractivity contribution in [3.05, 3.63) is 28.2 Å². The Labute approximate surface area is 133 Å². The van der Waals surface area contributed by atoms with E-state index in [0.717, 1.165) is 18.9 Å². The van der Waals surface area contributed by atoms with Crippen LogP contribution in [0.5, 0.6) is 0 Å². The van der Waals surface area contributed by atoms with Gasteiger partial charge in [0.15, 0.2) is 0 Å². The van der Waals surface area contributed by atoms with Crippen molar-refractivity contribution in [3.8, 4) is 0 Å². The Hall–Kier alpha value is -0.710. The highest BCUT2D eigenvalue weighted by Gasteiger charge is 2.33. The zero-order valence-electron chi connectivity index (χ0n) is 12.4. The van der Waals surface area contributed by atoms with Crippen LogP contribution in [0.1, 0.15) is 57.4 Å². The van der Waals surface area contributed by atoms with Gasteiger partial charge in [0.05, 0.1) is 5.56 Å². The normalized spacial score (nSPS) is 11.7. The van der Waals surface area contributed by atoms with Crippen LogP contribution in [0, 0.1) is 0 Å². The van der Waals surface area contributed by atoms with Gasteiger partial charge in [-0.05, 0) is 24.6 Å². The molecule has 21 heavy (non-hydrogen) atoms. The zero-order chi connectivity index (χ0) is 15.7. The Morgan fingerprint density at radius 1 is 1.00 bits per heavy atom. The summed E-state index contributed by atoms with van der Waals surface area (Å²) in [4.78, 5) is 0. The Balaban J connectivity index is 2.30. The summed E-state index contributed by atoms with van der Waals surface area (Å²) in [5, 5.41) is 3.07. The van der Waals surface area contributed by atoms with Crippen LogP contribution in [0.25, 0.3) is 0 Å². The number of anilines is 1. The van der Waals surface area contributed by atoms with Gasteiger partial charge in [-0.2, -0.15) is 13.2 Å². The standard InChI is InChI=1S/C16H23BrF3N/c1-2-3-4-5-6-7-8-11-21-13-9-10-15(17)14(12-13)16(18,19)20/h9-10,12,21H,2-8,11H2,1H3. The summed E-state index contributed by atoms with van der Waals surface area (Å²) >= 11 is 2.94. The lowest BCUT2D eigenvalue weighted by molar-refractivity contribution is -0.138. The summed E-state index contributed by atoms with van der Waals surface area (Å²) in [6.45, 7) is 2.91. The van der Waals surface area contributed by atoms with Gasteiger partial charge in [-0.25, -0.2) is 0 Å². The molecule has 0 bridgehead atoms. The first-order valence-electron chi connectivity index (χ1n) is 7.55. The average Bonchev–Trinajstić information content (AvgIpc) is 2.42. The molecule has 0 heterocycles. The van der Waals surface area contributed by atoms with Crippen LogP contribution in [-0.2, 0) is 6.18 Å². The second-order valence-corrected chi connectivity index (χ2v) is 6.09. The number of rotatable bonds is 9. The van der Waals surface area contributed by atoms with Crippen molar-refractivity contribution in [2.24, 2.45) is 0 Å². The first-order chi connectivity index (χ1) is 9.95. The lowest BCUT2D eigenvalue weighted by Crippen LogP contribution is -2.08. The topological polar surface area (TPSA) is 12.0 Å². The minimum Gasteiger partial charge on any atom is -0.385 e. The molecule has 1 rings (SSSR count). The molecule has 0 saturated carbocycles. The molecule has 1 aromatic carbocycles. The van der Waals surface area contributed by atoms with E-state index in [1.165, 1.54) is 38.2 Å². The smallest absolute Gasteiger partial charge is 0.385 e. The van der Waals surface area contributed by atoms with Crippen LogP contribution in [0.3, 0.4) is 0 Å². The number of benzene rings is 1. The molecule has 1 nitrogen and oxygen atoms in total. The van der Waals surface area contributed by atoms with Gasteiger partial charge in [-0.3, -0.25) is 0 Å². The minimum atomic E-state index is -4.32. The third kappa shape index (κ3) is 7.21. The monoisotopic (exact) mass is 365 g/mol. The Bertz CT molecular complexity index is 418. The first-order valence-corrected chi connectivity index (χ1v) is 8.35. The van der Waals surface area contributed by atoms with Crippen LogP contribution in [0.15, 0.2) is 22.7 Å². The molecule has 0 atom stereocenters. The second kappa shape index (κ2) is 9.34. The minimum absolute atomic E-state index is 0.0801. The molecule has 0 amide bonds. The van der Waals surface area contributed by atoms with E-state index in [4.69, 9.17) is 0 Å². The Morgan fingerprint density at radius 2 is 1.62 bits per heavy atom. The van der Waals surface area contributed by atoms with Crippen molar-refractivity contribution >= 4 is 21.6 Å². The van der Waals surface area contributed by atoms with Crippen molar-refractivity contribution in [1.82, 2.24) is 0 Å². The lowest BCUT2D eigenvalue weighted by Gasteiger charge is -2.12. The maximum atomic E-state index is 12.8. The number of nitrogens with one attached hydrogen (secondary N) is 1. The summed E-state index contributed by atoms with van der Waals surface area (Å²) in [6.07, 6.45) is 4.06. The molecule has 0 aliphatic carbocycles. The molecule has 0 radical (unpaired) electrons. The maximum absolute atomic E-state index is 12.8.